The summed E-state index contributed by atoms with van der Waals surface area (Å²) in [6.45, 7) is 50.7. The molecule has 0 radical (unpaired) electrons. The zero-order valence-corrected chi connectivity index (χ0v) is 70.4. The summed E-state index contributed by atoms with van der Waals surface area (Å²) < 4.78 is 0. The minimum Gasteiger partial charge on any atom is -0.289 e. The van der Waals surface area contributed by atoms with Gasteiger partial charge in [0.05, 0.1) is 22.8 Å². The molecule has 0 aromatic heterocycles. The summed E-state index contributed by atoms with van der Waals surface area (Å²) in [7, 11) is 0. The molecular weight excluding hydrogens is 1390 g/mol. The molecule has 0 saturated carbocycles. The fraction of sp³-hybridized carbons (Fsp3) is 0.320. The number of hydrogen-bond donors (Lipinski definition) is 0. The maximum atomic E-state index is 13.6. The van der Waals surface area contributed by atoms with Crippen molar-refractivity contribution in [3.8, 4) is 0 Å². The van der Waals surface area contributed by atoms with Crippen LogP contribution in [0.3, 0.4) is 0 Å². The first-order chi connectivity index (χ1) is 51.4. The van der Waals surface area contributed by atoms with Gasteiger partial charge in [0.1, 0.15) is 0 Å². The van der Waals surface area contributed by atoms with Gasteiger partial charge in [-0.05, 0) is 229 Å². The zero-order chi connectivity index (χ0) is 82.2. The number of Topliss-reactive ketones (excluding diaryl/α,β-unsaturated/α-hetero) is 7. The van der Waals surface area contributed by atoms with Crippen LogP contribution in [0.25, 0.3) is 22.3 Å². The van der Waals surface area contributed by atoms with E-state index in [1.807, 2.05) is 163 Å². The second-order valence-corrected chi connectivity index (χ2v) is 37.1. The first kappa shape index (κ1) is 84.5. The average Bonchev–Trinajstić information content (AvgIpc) is 0.770. The lowest BCUT2D eigenvalue weighted by molar-refractivity contribution is -0.114. The van der Waals surface area contributed by atoms with Crippen LogP contribution in [0.2, 0.25) is 5.02 Å². The van der Waals surface area contributed by atoms with Gasteiger partial charge in [-0.15, -0.1) is 0 Å². The van der Waals surface area contributed by atoms with Crippen molar-refractivity contribution in [2.24, 2.45) is 47.7 Å². The van der Waals surface area contributed by atoms with Crippen molar-refractivity contribution in [2.75, 3.05) is 0 Å². The molecule has 0 saturated heterocycles. The number of fused-ring (bicyclic) bond motifs is 4. The highest BCUT2D eigenvalue weighted by atomic mass is 35.5. The second-order valence-electron chi connectivity index (χ2n) is 36.7. The lowest BCUT2D eigenvalue weighted by Crippen LogP contribution is -2.29. The number of carbonyl (C=O) groups is 7. The third kappa shape index (κ3) is 19.8. The molecule has 12 rings (SSSR count). The van der Waals surface area contributed by atoms with Crippen LogP contribution in [0.1, 0.15) is 242 Å². The highest BCUT2D eigenvalue weighted by molar-refractivity contribution is 6.31. The van der Waals surface area contributed by atoms with Gasteiger partial charge in [0.15, 0.2) is 40.5 Å². The SMILES string of the molecule is CC(C)(C)C1=C/C(=C\C=C2/C=C(C(C)(C)C)C(=O)c3cc(C(C)(C)C)ccc32)c2ccccc2C1=O.CC(C)(C)C1=C/C(=C\C=C2/C=C(C(C)(C)C)C(=O)c3ccccc32)c2ccccc2C1=O.CC1=CC(=NN=C2C=C(C(C)(C)C)C(=O)C(C(C)(C)C)=C2)C=C(C)C1=O.CC1=CC(=Nc2ccc(Cl)cc2)C=C(C)C1=O. The monoisotopic (exact) mass is 1500 g/mol. The Hall–Kier alpha value is -10.6. The van der Waals surface area contributed by atoms with Crippen molar-refractivity contribution in [3.05, 3.63) is 311 Å². The van der Waals surface area contributed by atoms with E-state index >= 15 is 0 Å². The van der Waals surface area contributed by atoms with Crippen LogP contribution < -0.4 is 0 Å². The van der Waals surface area contributed by atoms with Gasteiger partial charge in [0.25, 0.3) is 0 Å². The number of aliphatic imine (C=N–C) groups is 1. The van der Waals surface area contributed by atoms with E-state index in [-0.39, 0.29) is 78.4 Å². The zero-order valence-electron chi connectivity index (χ0n) is 69.6. The van der Waals surface area contributed by atoms with E-state index in [9.17, 15) is 33.6 Å². The van der Waals surface area contributed by atoms with Gasteiger partial charge in [-0.25, -0.2) is 4.99 Å². The molecule has 11 heteroatoms. The summed E-state index contributed by atoms with van der Waals surface area (Å²) >= 11 is 5.80. The predicted octanol–water partition coefficient (Wildman–Crippen LogP) is 25.0. The molecule has 0 N–H and O–H groups in total. The Bertz CT molecular complexity index is 5140. The lowest BCUT2D eigenvalue weighted by Gasteiger charge is -2.30. The Morgan fingerprint density at radius 2 is 0.523 bits per heavy atom. The first-order valence-corrected chi connectivity index (χ1v) is 38.5. The molecule has 0 amide bonds. The van der Waals surface area contributed by atoms with Gasteiger partial charge in [0.2, 0.25) is 0 Å². The summed E-state index contributed by atoms with van der Waals surface area (Å²) in [4.78, 5) is 93.8. The summed E-state index contributed by atoms with van der Waals surface area (Å²) in [5.41, 5.74) is 20.7. The molecule has 0 bridgehead atoms. The van der Waals surface area contributed by atoms with E-state index < -0.39 is 0 Å². The number of carbonyl (C=O) groups excluding carboxylic acids is 7. The summed E-state index contributed by atoms with van der Waals surface area (Å²) in [6.07, 6.45) is 27.2. The van der Waals surface area contributed by atoms with Crippen LogP contribution in [0.4, 0.5) is 5.69 Å². The molecule has 0 heterocycles. The van der Waals surface area contributed by atoms with Gasteiger partial charge >= 0.3 is 0 Å². The fourth-order valence-corrected chi connectivity index (χ4v) is 13.8. The maximum absolute atomic E-state index is 13.6. The number of allylic oxidation sites excluding steroid dienone is 28. The van der Waals surface area contributed by atoms with Crippen molar-refractivity contribution < 1.29 is 33.6 Å². The molecule has 5 aromatic carbocycles. The summed E-state index contributed by atoms with van der Waals surface area (Å²) in [5, 5.41) is 9.35. The third-order valence-corrected chi connectivity index (χ3v) is 20.4. The molecule has 0 atom stereocenters. The second kappa shape index (κ2) is 32.4. The highest BCUT2D eigenvalue weighted by Gasteiger charge is 2.38. The van der Waals surface area contributed by atoms with Crippen molar-refractivity contribution in [1.29, 1.82) is 0 Å². The molecule has 5 aromatic rings. The van der Waals surface area contributed by atoms with Crippen LogP contribution >= 0.6 is 11.6 Å². The number of benzene rings is 5. The van der Waals surface area contributed by atoms with E-state index in [1.54, 1.807) is 64.1 Å². The molecular formula is C100H108ClN3O7. The predicted molar refractivity (Wildman–Crippen MR) is 462 cm³/mol. The molecule has 0 fully saturated rings. The largest absolute Gasteiger partial charge is 0.289 e. The minimum atomic E-state index is -0.278. The highest BCUT2D eigenvalue weighted by Crippen LogP contribution is 2.45. The number of hydrogen-bond acceptors (Lipinski definition) is 10. The molecule has 572 valence electrons. The lowest BCUT2D eigenvalue weighted by atomic mass is 9.72. The van der Waals surface area contributed by atoms with Crippen molar-refractivity contribution in [3.63, 3.8) is 0 Å². The first-order valence-electron chi connectivity index (χ1n) is 38.1. The number of halogens is 1. The van der Waals surface area contributed by atoms with Gasteiger partial charge < -0.3 is 0 Å². The summed E-state index contributed by atoms with van der Waals surface area (Å²) in [6, 6.07) is 37.0. The van der Waals surface area contributed by atoms with Gasteiger partial charge in [-0.2, -0.15) is 10.2 Å². The minimum absolute atomic E-state index is 0.0321. The molecule has 7 aliphatic carbocycles. The normalized spacial score (nSPS) is 18.3. The van der Waals surface area contributed by atoms with Crippen molar-refractivity contribution in [1.82, 2.24) is 0 Å². The van der Waals surface area contributed by atoms with Crippen LogP contribution in [-0.4, -0.2) is 57.6 Å². The van der Waals surface area contributed by atoms with Gasteiger partial charge in [0, 0.05) is 60.7 Å². The third-order valence-electron chi connectivity index (χ3n) is 20.1. The number of nitrogens with zero attached hydrogens (tertiary/aromatic N) is 3. The average molecular weight is 1500 g/mol. The molecule has 0 spiro atoms. The number of ketones is 7. The van der Waals surface area contributed by atoms with Crippen LogP contribution in [0.15, 0.2) is 271 Å². The van der Waals surface area contributed by atoms with E-state index in [0.29, 0.717) is 27.6 Å². The fourth-order valence-electron chi connectivity index (χ4n) is 13.7. The van der Waals surface area contributed by atoms with Crippen LogP contribution in [0.5, 0.6) is 0 Å². The quantitative estimate of drug-likeness (QED) is 0.128. The standard InChI is InChI=1S/C34H38O2.C30H30O2.C22H28N2O2.C14H12ClNO/c1-32(2,3)23-16-17-25-22(19-29(34(7,8)9)31(36)27(25)20-23)15-14-21-18-28(33(4,5)6)30(35)26-13-11-10-12-24(21)26;1-29(2,3)25-17-19(21-11-7-9-13-23(21)27(25)31)15-16-20-18-26(30(4,5)6)28(32)24-14-10-8-12-22(20)24;1-13-9-15(10-14(2)19(13)25)23-24-16-11-17(21(3,4)5)20(26)18(12-16)22(6,7)8;1-9-7-13(8-10(2)14(9)17)16-12-5-3-11(15)4-6-12/h10-20H,1-9H3;7-18H,1-6H3;9-12H,1-8H3;3-8H,1-2H3/b21-14+,22-15+;19-15+,20-16+;;. The molecule has 10 nitrogen and oxygen atoms in total. The Morgan fingerprint density at radius 3 is 0.820 bits per heavy atom. The molecule has 0 unspecified atom stereocenters. The van der Waals surface area contributed by atoms with Gasteiger partial charge in [-0.1, -0.05) is 266 Å². The van der Waals surface area contributed by atoms with E-state index in [4.69, 9.17) is 11.6 Å². The van der Waals surface area contributed by atoms with Crippen LogP contribution in [-0.2, 0) is 19.8 Å². The number of rotatable bonds is 4. The van der Waals surface area contributed by atoms with Gasteiger partial charge in [-0.3, -0.25) is 33.6 Å². The van der Waals surface area contributed by atoms with Crippen molar-refractivity contribution >= 4 is 97.2 Å². The van der Waals surface area contributed by atoms with Crippen molar-refractivity contribution in [2.45, 2.75) is 179 Å². The smallest absolute Gasteiger partial charge is 0.190 e. The topological polar surface area (TPSA) is 157 Å². The Balaban J connectivity index is 0.000000175. The molecule has 111 heavy (non-hydrogen) atoms. The Labute approximate surface area is 664 Å². The Kier molecular flexibility index (Phi) is 24.7. The molecule has 7 aliphatic rings. The summed E-state index contributed by atoms with van der Waals surface area (Å²) in [5.74, 6) is 0.594. The van der Waals surface area contributed by atoms with E-state index in [2.05, 4.69) is 162 Å². The van der Waals surface area contributed by atoms with E-state index in [1.165, 1.54) is 0 Å². The maximum Gasteiger partial charge on any atom is 0.190 e. The molecule has 0 aliphatic heterocycles. The Morgan fingerprint density at radius 1 is 0.261 bits per heavy atom. The van der Waals surface area contributed by atoms with E-state index in [0.717, 1.165) is 128 Å². The van der Waals surface area contributed by atoms with Crippen LogP contribution in [0, 0.1) is 32.5 Å².